The van der Waals surface area contributed by atoms with Gasteiger partial charge in [-0.05, 0) is 30.5 Å². The van der Waals surface area contributed by atoms with Crippen LogP contribution in [0.2, 0.25) is 0 Å². The van der Waals surface area contributed by atoms with Gasteiger partial charge in [0.2, 0.25) is 0 Å². The van der Waals surface area contributed by atoms with Gasteiger partial charge in [0, 0.05) is 5.92 Å². The Hall–Kier alpha value is -1.42. The van der Waals surface area contributed by atoms with E-state index in [1.807, 2.05) is 0 Å². The van der Waals surface area contributed by atoms with E-state index in [9.17, 15) is 19.4 Å². The number of rotatable bonds is 3. The predicted molar refractivity (Wildman–Crippen MR) is 59.9 cm³/mol. The van der Waals surface area contributed by atoms with Crippen LogP contribution in [-0.4, -0.2) is 16.2 Å². The van der Waals surface area contributed by atoms with Crippen LogP contribution >= 0.6 is 0 Å². The van der Waals surface area contributed by atoms with Crippen molar-refractivity contribution >= 4 is 5.97 Å². The molecular formula is C13H15FO3. The second kappa shape index (κ2) is 4.45. The number of hydrogen-bond donors (Lipinski definition) is 2. The lowest BCUT2D eigenvalue weighted by atomic mass is 9.80. The Balaban J connectivity index is 2.43. The fourth-order valence-corrected chi connectivity index (χ4v) is 2.60. The third-order valence-corrected chi connectivity index (χ3v) is 3.54. The molecule has 0 radical (unpaired) electrons. The Labute approximate surface area is 98.9 Å². The first-order chi connectivity index (χ1) is 8.05. The van der Waals surface area contributed by atoms with Crippen molar-refractivity contribution in [3.63, 3.8) is 0 Å². The highest BCUT2D eigenvalue weighted by Crippen LogP contribution is 2.40. The van der Waals surface area contributed by atoms with Crippen molar-refractivity contribution in [2.75, 3.05) is 0 Å². The number of hydrogen-bond acceptors (Lipinski definition) is 2. The zero-order chi connectivity index (χ0) is 12.5. The van der Waals surface area contributed by atoms with Gasteiger partial charge >= 0.3 is 5.97 Å². The van der Waals surface area contributed by atoms with Crippen molar-refractivity contribution in [2.45, 2.75) is 31.3 Å². The zero-order valence-corrected chi connectivity index (χ0v) is 9.40. The van der Waals surface area contributed by atoms with Crippen LogP contribution in [0.5, 0.6) is 0 Å². The average Bonchev–Trinajstić information content (AvgIpc) is 2.81. The molecule has 3 nitrogen and oxygen atoms in total. The maximum absolute atomic E-state index is 13.1. The standard InChI is InChI=1S/C13H15FO3/c14-11-7-3-6-10(8-11)13(17,12(15)16)9-4-1-2-5-9/h3,6-9,17H,1-2,4-5H2,(H,15,16). The van der Waals surface area contributed by atoms with Gasteiger partial charge in [0.15, 0.2) is 5.60 Å². The summed E-state index contributed by atoms with van der Waals surface area (Å²) in [5, 5.41) is 19.7. The molecular weight excluding hydrogens is 223 g/mol. The Morgan fingerprint density at radius 2 is 2.00 bits per heavy atom. The molecule has 1 unspecified atom stereocenters. The summed E-state index contributed by atoms with van der Waals surface area (Å²) in [5.41, 5.74) is -1.82. The molecule has 0 heterocycles. The molecule has 17 heavy (non-hydrogen) atoms. The van der Waals surface area contributed by atoms with Gasteiger partial charge in [-0.2, -0.15) is 0 Å². The molecule has 0 bridgehead atoms. The highest BCUT2D eigenvalue weighted by molar-refractivity contribution is 5.79. The molecule has 0 saturated heterocycles. The minimum Gasteiger partial charge on any atom is -0.479 e. The third-order valence-electron chi connectivity index (χ3n) is 3.54. The van der Waals surface area contributed by atoms with Gasteiger partial charge in [0.1, 0.15) is 5.82 Å². The summed E-state index contributed by atoms with van der Waals surface area (Å²) in [6.07, 6.45) is 3.16. The van der Waals surface area contributed by atoms with Crippen molar-refractivity contribution in [2.24, 2.45) is 5.92 Å². The lowest BCUT2D eigenvalue weighted by molar-refractivity contribution is -0.166. The average molecular weight is 238 g/mol. The first-order valence-corrected chi connectivity index (χ1v) is 5.77. The maximum Gasteiger partial charge on any atom is 0.340 e. The molecule has 1 aromatic carbocycles. The fourth-order valence-electron chi connectivity index (χ4n) is 2.60. The summed E-state index contributed by atoms with van der Waals surface area (Å²) >= 11 is 0. The van der Waals surface area contributed by atoms with Gasteiger partial charge in [-0.25, -0.2) is 9.18 Å². The molecule has 1 aromatic rings. The highest BCUT2D eigenvalue weighted by Gasteiger charge is 2.46. The van der Waals surface area contributed by atoms with Crippen LogP contribution in [0.4, 0.5) is 4.39 Å². The Kier molecular flexibility index (Phi) is 3.15. The molecule has 0 aliphatic heterocycles. The smallest absolute Gasteiger partial charge is 0.340 e. The van der Waals surface area contributed by atoms with E-state index in [2.05, 4.69) is 0 Å². The summed E-state index contributed by atoms with van der Waals surface area (Å²) in [6, 6.07) is 5.23. The number of halogens is 1. The summed E-state index contributed by atoms with van der Waals surface area (Å²) < 4.78 is 13.1. The number of benzene rings is 1. The van der Waals surface area contributed by atoms with Gasteiger partial charge in [0.05, 0.1) is 0 Å². The normalized spacial score (nSPS) is 20.1. The molecule has 1 aliphatic carbocycles. The first-order valence-electron chi connectivity index (χ1n) is 5.77. The Morgan fingerprint density at radius 1 is 1.35 bits per heavy atom. The molecule has 92 valence electrons. The van der Waals surface area contributed by atoms with Crippen LogP contribution in [0.15, 0.2) is 24.3 Å². The molecule has 2 rings (SSSR count). The summed E-state index contributed by atoms with van der Waals surface area (Å²) in [5.74, 6) is -2.16. The molecule has 4 heteroatoms. The zero-order valence-electron chi connectivity index (χ0n) is 9.40. The van der Waals surface area contributed by atoms with Crippen LogP contribution in [-0.2, 0) is 10.4 Å². The van der Waals surface area contributed by atoms with Crippen LogP contribution in [0.25, 0.3) is 0 Å². The summed E-state index contributed by atoms with van der Waals surface area (Å²) in [7, 11) is 0. The molecule has 1 fully saturated rings. The Morgan fingerprint density at radius 3 is 2.53 bits per heavy atom. The largest absolute Gasteiger partial charge is 0.479 e. The minimum atomic E-state index is -1.96. The predicted octanol–water partition coefficient (Wildman–Crippen LogP) is 2.29. The Bertz CT molecular complexity index is 426. The quantitative estimate of drug-likeness (QED) is 0.849. The van der Waals surface area contributed by atoms with Crippen molar-refractivity contribution in [3.05, 3.63) is 35.6 Å². The molecule has 1 atom stereocenters. The summed E-state index contributed by atoms with van der Waals surface area (Å²) in [4.78, 5) is 11.3. The van der Waals surface area contributed by atoms with E-state index in [1.54, 1.807) is 0 Å². The van der Waals surface area contributed by atoms with Crippen molar-refractivity contribution < 1.29 is 19.4 Å². The van der Waals surface area contributed by atoms with Crippen LogP contribution in [0.3, 0.4) is 0 Å². The van der Waals surface area contributed by atoms with Gasteiger partial charge in [-0.1, -0.05) is 25.0 Å². The van der Waals surface area contributed by atoms with E-state index in [1.165, 1.54) is 18.2 Å². The molecule has 2 N–H and O–H groups in total. The first kappa shape index (κ1) is 12.0. The number of aliphatic hydroxyl groups is 1. The van der Waals surface area contributed by atoms with E-state index in [0.29, 0.717) is 12.8 Å². The van der Waals surface area contributed by atoms with Crippen LogP contribution < -0.4 is 0 Å². The number of aliphatic carboxylic acids is 1. The lowest BCUT2D eigenvalue weighted by Crippen LogP contribution is -2.42. The second-order valence-corrected chi connectivity index (χ2v) is 4.56. The monoisotopic (exact) mass is 238 g/mol. The van der Waals surface area contributed by atoms with E-state index in [-0.39, 0.29) is 11.5 Å². The van der Waals surface area contributed by atoms with E-state index in [4.69, 9.17) is 0 Å². The van der Waals surface area contributed by atoms with Crippen molar-refractivity contribution in [1.29, 1.82) is 0 Å². The van der Waals surface area contributed by atoms with E-state index < -0.39 is 17.4 Å². The molecule has 1 saturated carbocycles. The van der Waals surface area contributed by atoms with Gasteiger partial charge in [-0.15, -0.1) is 0 Å². The highest BCUT2D eigenvalue weighted by atomic mass is 19.1. The topological polar surface area (TPSA) is 57.5 Å². The molecule has 0 aromatic heterocycles. The van der Waals surface area contributed by atoms with Crippen LogP contribution in [0.1, 0.15) is 31.2 Å². The summed E-state index contributed by atoms with van der Waals surface area (Å²) in [6.45, 7) is 0. The minimum absolute atomic E-state index is 0.136. The van der Waals surface area contributed by atoms with Crippen LogP contribution in [0, 0.1) is 11.7 Å². The number of carboxylic acid groups (broad SMARTS) is 1. The number of carboxylic acids is 1. The molecule has 0 spiro atoms. The third kappa shape index (κ3) is 2.05. The van der Waals surface area contributed by atoms with Gasteiger partial charge in [-0.3, -0.25) is 0 Å². The fraction of sp³-hybridized carbons (Fsp3) is 0.462. The molecule has 1 aliphatic rings. The van der Waals surface area contributed by atoms with Crippen molar-refractivity contribution in [3.8, 4) is 0 Å². The van der Waals surface area contributed by atoms with E-state index in [0.717, 1.165) is 18.9 Å². The SMILES string of the molecule is O=C(O)C(O)(c1cccc(F)c1)C1CCCC1. The lowest BCUT2D eigenvalue weighted by Gasteiger charge is -2.30. The van der Waals surface area contributed by atoms with Crippen molar-refractivity contribution in [1.82, 2.24) is 0 Å². The molecule has 0 amide bonds. The number of carbonyl (C=O) groups is 1. The van der Waals surface area contributed by atoms with Gasteiger partial charge in [0.25, 0.3) is 0 Å². The second-order valence-electron chi connectivity index (χ2n) is 4.56. The van der Waals surface area contributed by atoms with Gasteiger partial charge < -0.3 is 10.2 Å². The van der Waals surface area contributed by atoms with E-state index >= 15 is 0 Å². The maximum atomic E-state index is 13.1.